The van der Waals surface area contributed by atoms with Gasteiger partial charge in [-0.15, -0.1) is 0 Å². The summed E-state index contributed by atoms with van der Waals surface area (Å²) >= 11 is 0. The summed E-state index contributed by atoms with van der Waals surface area (Å²) in [5, 5.41) is 20.5. The number of carbonyl (C=O) groups excluding carboxylic acids is 2. The number of benzene rings is 3. The first-order valence-electron chi connectivity index (χ1n) is 11.1. The van der Waals surface area contributed by atoms with E-state index in [1.54, 1.807) is 42.5 Å². The molecule has 0 bridgehead atoms. The molecule has 0 aliphatic carbocycles. The van der Waals surface area contributed by atoms with E-state index >= 15 is 0 Å². The van der Waals surface area contributed by atoms with Gasteiger partial charge in [0.1, 0.15) is 23.0 Å². The number of carbonyl (C=O) groups is 2. The number of methoxy groups -OCH3 is 3. The lowest BCUT2D eigenvalue weighted by Gasteiger charge is -2.07. The zero-order chi connectivity index (χ0) is 26.5. The van der Waals surface area contributed by atoms with Crippen LogP contribution in [0.4, 0.5) is 0 Å². The summed E-state index contributed by atoms with van der Waals surface area (Å²) < 4.78 is 21.5. The van der Waals surface area contributed by atoms with Crippen LogP contribution in [0, 0.1) is 0 Å². The van der Waals surface area contributed by atoms with Crippen molar-refractivity contribution in [1.29, 1.82) is 0 Å². The van der Waals surface area contributed by atoms with Crippen LogP contribution in [0.25, 0.3) is 12.2 Å². The largest absolute Gasteiger partial charge is 0.507 e. The molecular formula is C29H24O8. The third-order valence-electron chi connectivity index (χ3n) is 5.66. The molecule has 0 amide bonds. The van der Waals surface area contributed by atoms with Crippen LogP contribution in [-0.2, 0) is 0 Å². The van der Waals surface area contributed by atoms with E-state index in [0.29, 0.717) is 22.8 Å². The third-order valence-corrected chi connectivity index (χ3v) is 5.66. The molecular weight excluding hydrogens is 476 g/mol. The lowest BCUT2D eigenvalue weighted by molar-refractivity contribution is 0.100. The van der Waals surface area contributed by atoms with Crippen LogP contribution in [-0.4, -0.2) is 43.1 Å². The Kier molecular flexibility index (Phi) is 7.29. The second-order valence-corrected chi connectivity index (χ2v) is 7.89. The highest BCUT2D eigenvalue weighted by Gasteiger charge is 2.25. The average molecular weight is 501 g/mol. The molecule has 2 N–H and O–H groups in total. The minimum atomic E-state index is -0.600. The maximum absolute atomic E-state index is 13.4. The Bertz CT molecular complexity index is 1500. The van der Waals surface area contributed by atoms with E-state index in [2.05, 4.69) is 0 Å². The molecule has 0 atom stereocenters. The number of rotatable bonds is 9. The molecule has 0 unspecified atom stereocenters. The van der Waals surface area contributed by atoms with Crippen molar-refractivity contribution in [2.75, 3.05) is 21.3 Å². The molecule has 3 aromatic carbocycles. The van der Waals surface area contributed by atoms with Crippen molar-refractivity contribution in [2.45, 2.75) is 0 Å². The van der Waals surface area contributed by atoms with Gasteiger partial charge in [-0.05, 0) is 54.1 Å². The van der Waals surface area contributed by atoms with Crippen molar-refractivity contribution in [1.82, 2.24) is 0 Å². The van der Waals surface area contributed by atoms with Crippen LogP contribution in [0.5, 0.6) is 28.7 Å². The Hall–Kier alpha value is -4.98. The molecule has 0 aliphatic heterocycles. The first kappa shape index (κ1) is 25.1. The minimum absolute atomic E-state index is 0.00363. The van der Waals surface area contributed by atoms with Crippen LogP contribution in [0.2, 0.25) is 0 Å². The quantitative estimate of drug-likeness (QED) is 0.296. The van der Waals surface area contributed by atoms with Crippen LogP contribution < -0.4 is 14.2 Å². The van der Waals surface area contributed by atoms with E-state index < -0.39 is 11.6 Å². The monoisotopic (exact) mass is 500 g/mol. The summed E-state index contributed by atoms with van der Waals surface area (Å²) in [6.07, 6.45) is 3.22. The maximum Gasteiger partial charge on any atom is 0.231 e. The molecule has 0 aliphatic rings. The zero-order valence-corrected chi connectivity index (χ0v) is 20.3. The number of phenolic OH excluding ortho intramolecular Hbond substituents is 2. The fourth-order valence-electron chi connectivity index (χ4n) is 3.72. The number of furan rings is 1. The van der Waals surface area contributed by atoms with Gasteiger partial charge in [-0.3, -0.25) is 9.59 Å². The molecule has 1 heterocycles. The molecule has 37 heavy (non-hydrogen) atoms. The standard InChI is InChI=1S/C29H24O8/c1-34-18-10-11-20(23(31)15-18)28(32)21-16-27(29(33)19-6-4-5-7-22(19)30)37-24(21)12-8-17-9-13-25(35-2)26(14-17)36-3/h4-16,30-31H,1-3H3/b12-8+. The van der Waals surface area contributed by atoms with Gasteiger partial charge in [0.15, 0.2) is 17.3 Å². The number of phenols is 2. The molecule has 8 heteroatoms. The minimum Gasteiger partial charge on any atom is -0.507 e. The normalized spacial score (nSPS) is 10.9. The second-order valence-electron chi connectivity index (χ2n) is 7.89. The Labute approximate surface area is 213 Å². The van der Waals surface area contributed by atoms with E-state index in [0.717, 1.165) is 0 Å². The molecule has 0 spiro atoms. The van der Waals surface area contributed by atoms with E-state index in [4.69, 9.17) is 18.6 Å². The smallest absolute Gasteiger partial charge is 0.231 e. The van der Waals surface area contributed by atoms with Crippen molar-refractivity contribution in [3.63, 3.8) is 0 Å². The van der Waals surface area contributed by atoms with Crippen molar-refractivity contribution in [2.24, 2.45) is 0 Å². The van der Waals surface area contributed by atoms with Gasteiger partial charge in [0.05, 0.1) is 38.0 Å². The number of hydrogen-bond donors (Lipinski definition) is 2. The summed E-state index contributed by atoms with van der Waals surface area (Å²) in [6.45, 7) is 0. The lowest BCUT2D eigenvalue weighted by atomic mass is 10.0. The molecule has 0 saturated carbocycles. The van der Waals surface area contributed by atoms with E-state index in [-0.39, 0.29) is 39.7 Å². The van der Waals surface area contributed by atoms with Gasteiger partial charge in [-0.1, -0.05) is 24.3 Å². The highest BCUT2D eigenvalue weighted by Crippen LogP contribution is 2.32. The van der Waals surface area contributed by atoms with Crippen molar-refractivity contribution >= 4 is 23.7 Å². The summed E-state index contributed by atoms with van der Waals surface area (Å²) in [7, 11) is 4.50. The van der Waals surface area contributed by atoms with Gasteiger partial charge >= 0.3 is 0 Å². The van der Waals surface area contributed by atoms with Gasteiger partial charge in [-0.2, -0.15) is 0 Å². The average Bonchev–Trinajstić information content (AvgIpc) is 3.35. The molecule has 1 aromatic heterocycles. The molecule has 4 aromatic rings. The van der Waals surface area contributed by atoms with Crippen LogP contribution >= 0.6 is 0 Å². The summed E-state index contributed by atoms with van der Waals surface area (Å²) in [5.41, 5.74) is 0.797. The highest BCUT2D eigenvalue weighted by atomic mass is 16.5. The topological polar surface area (TPSA) is 115 Å². The first-order valence-corrected chi connectivity index (χ1v) is 11.1. The van der Waals surface area contributed by atoms with E-state index in [1.165, 1.54) is 57.7 Å². The van der Waals surface area contributed by atoms with Gasteiger partial charge in [-0.25, -0.2) is 0 Å². The second kappa shape index (κ2) is 10.7. The van der Waals surface area contributed by atoms with Crippen molar-refractivity contribution in [3.8, 4) is 28.7 Å². The zero-order valence-electron chi connectivity index (χ0n) is 20.3. The molecule has 0 fully saturated rings. The third kappa shape index (κ3) is 5.18. The Balaban J connectivity index is 1.78. The fraction of sp³-hybridized carbons (Fsp3) is 0.103. The molecule has 4 rings (SSSR count). The van der Waals surface area contributed by atoms with Gasteiger partial charge < -0.3 is 28.8 Å². The fourth-order valence-corrected chi connectivity index (χ4v) is 3.72. The Morgan fingerprint density at radius 2 is 1.43 bits per heavy atom. The van der Waals surface area contributed by atoms with E-state index in [9.17, 15) is 19.8 Å². The summed E-state index contributed by atoms with van der Waals surface area (Å²) in [4.78, 5) is 26.5. The van der Waals surface area contributed by atoms with Gasteiger partial charge in [0.25, 0.3) is 0 Å². The Morgan fingerprint density at radius 1 is 0.703 bits per heavy atom. The molecule has 0 radical (unpaired) electrons. The SMILES string of the molecule is COc1ccc(C(=O)c2cc(C(=O)c3ccccc3O)oc2/C=C/c2ccc(OC)c(OC)c2)c(O)c1. The predicted molar refractivity (Wildman–Crippen MR) is 137 cm³/mol. The maximum atomic E-state index is 13.4. The number of ether oxygens (including phenoxy) is 3. The molecule has 188 valence electrons. The highest BCUT2D eigenvalue weighted by molar-refractivity contribution is 6.15. The van der Waals surface area contributed by atoms with Gasteiger partial charge in [0, 0.05) is 6.07 Å². The van der Waals surface area contributed by atoms with Crippen LogP contribution in [0.15, 0.2) is 71.1 Å². The van der Waals surface area contributed by atoms with Crippen LogP contribution in [0.3, 0.4) is 0 Å². The summed E-state index contributed by atoms with van der Waals surface area (Å²) in [6, 6.07) is 16.9. The number of hydrogen-bond acceptors (Lipinski definition) is 8. The van der Waals surface area contributed by atoms with Crippen molar-refractivity contribution in [3.05, 3.63) is 101 Å². The summed E-state index contributed by atoms with van der Waals surface area (Å²) in [5.74, 6) is -0.271. The number of ketones is 2. The van der Waals surface area contributed by atoms with Gasteiger partial charge in [0.2, 0.25) is 11.6 Å². The van der Waals surface area contributed by atoms with Crippen LogP contribution in [0.1, 0.15) is 43.4 Å². The Morgan fingerprint density at radius 3 is 2.11 bits per heavy atom. The van der Waals surface area contributed by atoms with E-state index in [1.807, 2.05) is 0 Å². The molecule has 0 saturated heterocycles. The lowest BCUT2D eigenvalue weighted by Crippen LogP contribution is -2.03. The number of aromatic hydroxyl groups is 2. The predicted octanol–water partition coefficient (Wildman–Crippen LogP) is 5.35. The number of para-hydroxylation sites is 1. The molecule has 8 nitrogen and oxygen atoms in total. The first-order chi connectivity index (χ1) is 17.9. The van der Waals surface area contributed by atoms with Crippen molar-refractivity contribution < 1.29 is 38.4 Å².